The van der Waals surface area contributed by atoms with Crippen LogP contribution in [0, 0.1) is 0 Å². The van der Waals surface area contributed by atoms with Crippen LogP contribution in [0.1, 0.15) is 6.92 Å². The van der Waals surface area contributed by atoms with Crippen molar-refractivity contribution in [2.45, 2.75) is 23.6 Å². The molecule has 1 aliphatic rings. The topological polar surface area (TPSA) is 49.4 Å². The predicted molar refractivity (Wildman–Crippen MR) is 69.3 cm³/mol. The van der Waals surface area contributed by atoms with E-state index in [1.165, 1.54) is 12.1 Å². The number of nitrogens with zero attached hydrogens (tertiary/aromatic N) is 1. The van der Waals surface area contributed by atoms with Gasteiger partial charge in [0.1, 0.15) is 0 Å². The maximum Gasteiger partial charge on any atom is 0.341 e. The Morgan fingerprint density at radius 1 is 1.32 bits per heavy atom. The molecule has 1 atom stereocenters. The van der Waals surface area contributed by atoms with Crippen LogP contribution in [0.3, 0.4) is 0 Å². The molecular weight excluding hydrogens is 274 g/mol. The number of benzene rings is 1. The Bertz CT molecular complexity index is 531. The molecule has 1 fully saturated rings. The largest absolute Gasteiger partial charge is 0.369 e. The predicted octanol–water partition coefficient (Wildman–Crippen LogP) is 1.48. The number of hydrogen-bond acceptors (Lipinski definition) is 4. The zero-order valence-electron chi connectivity index (χ0n) is 10.5. The van der Waals surface area contributed by atoms with Gasteiger partial charge < -0.3 is 10.2 Å². The van der Waals surface area contributed by atoms with Crippen molar-refractivity contribution in [3.05, 3.63) is 24.3 Å². The third kappa shape index (κ3) is 3.03. The Morgan fingerprint density at radius 3 is 2.47 bits per heavy atom. The van der Waals surface area contributed by atoms with E-state index >= 15 is 0 Å². The van der Waals surface area contributed by atoms with Crippen LogP contribution in [-0.2, 0) is 9.84 Å². The molecule has 1 heterocycles. The van der Waals surface area contributed by atoms with Gasteiger partial charge in [-0.1, -0.05) is 0 Å². The highest BCUT2D eigenvalue weighted by Crippen LogP contribution is 2.22. The summed E-state index contributed by atoms with van der Waals surface area (Å²) >= 11 is 0. The van der Waals surface area contributed by atoms with Gasteiger partial charge in [-0.05, 0) is 31.2 Å². The molecule has 2 rings (SSSR count). The second-order valence-corrected chi connectivity index (χ2v) is 6.52. The summed E-state index contributed by atoms with van der Waals surface area (Å²) in [5, 5.41) is 3.30. The minimum absolute atomic E-state index is 0.338. The van der Waals surface area contributed by atoms with Gasteiger partial charge in [0.25, 0.3) is 0 Å². The monoisotopic (exact) mass is 290 g/mol. The zero-order chi connectivity index (χ0) is 14.0. The molecule has 1 aromatic carbocycles. The third-order valence-electron chi connectivity index (χ3n) is 3.13. The van der Waals surface area contributed by atoms with Crippen molar-refractivity contribution >= 4 is 15.5 Å². The first-order chi connectivity index (χ1) is 8.91. The maximum atomic E-state index is 12.4. The highest BCUT2D eigenvalue weighted by Gasteiger charge is 2.26. The average Bonchev–Trinajstić information content (AvgIpc) is 2.38. The molecular formula is C12H16F2N2O2S. The lowest BCUT2D eigenvalue weighted by Gasteiger charge is -2.33. The van der Waals surface area contributed by atoms with Crippen molar-refractivity contribution in [1.29, 1.82) is 0 Å². The summed E-state index contributed by atoms with van der Waals surface area (Å²) in [6, 6.07) is 5.98. The Kier molecular flexibility index (Phi) is 4.05. The van der Waals surface area contributed by atoms with Crippen LogP contribution in [-0.4, -0.2) is 39.9 Å². The van der Waals surface area contributed by atoms with Gasteiger partial charge in [-0.2, -0.15) is 8.78 Å². The quantitative estimate of drug-likeness (QED) is 0.916. The standard InChI is InChI=1S/C12H16F2N2O2S/c1-9-8-16(7-6-15-9)10-2-4-11(5-3-10)19(17,18)12(13)14/h2-5,9,12,15H,6-8H2,1H3/t9-/m0/s1. The second kappa shape index (κ2) is 5.42. The van der Waals surface area contributed by atoms with E-state index in [2.05, 4.69) is 17.1 Å². The maximum absolute atomic E-state index is 12.4. The Labute approximate surface area is 111 Å². The highest BCUT2D eigenvalue weighted by molar-refractivity contribution is 7.91. The molecule has 0 saturated carbocycles. The fraction of sp³-hybridized carbons (Fsp3) is 0.500. The molecule has 1 saturated heterocycles. The van der Waals surface area contributed by atoms with Crippen LogP contribution in [0.4, 0.5) is 14.5 Å². The summed E-state index contributed by atoms with van der Waals surface area (Å²) in [4.78, 5) is 1.76. The minimum Gasteiger partial charge on any atom is -0.369 e. The van der Waals surface area contributed by atoms with E-state index in [1.807, 2.05) is 0 Å². The molecule has 19 heavy (non-hydrogen) atoms. The molecule has 0 unspecified atom stereocenters. The summed E-state index contributed by atoms with van der Waals surface area (Å²) in [7, 11) is -4.50. The van der Waals surface area contributed by atoms with Crippen molar-refractivity contribution in [3.63, 3.8) is 0 Å². The first-order valence-electron chi connectivity index (χ1n) is 6.01. The van der Waals surface area contributed by atoms with Crippen LogP contribution >= 0.6 is 0 Å². The normalized spacial score (nSPS) is 20.8. The van der Waals surface area contributed by atoms with E-state index in [0.29, 0.717) is 6.04 Å². The van der Waals surface area contributed by atoms with Crippen LogP contribution in [0.5, 0.6) is 0 Å². The lowest BCUT2D eigenvalue weighted by Crippen LogP contribution is -2.49. The Balaban J connectivity index is 2.19. The Hall–Kier alpha value is -1.21. The average molecular weight is 290 g/mol. The van der Waals surface area contributed by atoms with E-state index < -0.39 is 15.6 Å². The van der Waals surface area contributed by atoms with Crippen molar-refractivity contribution < 1.29 is 17.2 Å². The molecule has 0 aliphatic carbocycles. The first kappa shape index (κ1) is 14.2. The van der Waals surface area contributed by atoms with Crippen LogP contribution in [0.2, 0.25) is 0 Å². The summed E-state index contributed by atoms with van der Waals surface area (Å²) in [6.45, 7) is 4.52. The van der Waals surface area contributed by atoms with E-state index in [4.69, 9.17) is 0 Å². The van der Waals surface area contributed by atoms with Crippen molar-refractivity contribution in [2.24, 2.45) is 0 Å². The fourth-order valence-electron chi connectivity index (χ4n) is 2.12. The van der Waals surface area contributed by atoms with Crippen molar-refractivity contribution in [3.8, 4) is 0 Å². The molecule has 0 amide bonds. The van der Waals surface area contributed by atoms with E-state index in [-0.39, 0.29) is 4.90 Å². The summed E-state index contributed by atoms with van der Waals surface area (Å²) in [5.41, 5.74) is 0.849. The summed E-state index contributed by atoms with van der Waals surface area (Å²) < 4.78 is 47.4. The number of hydrogen-bond donors (Lipinski definition) is 1. The smallest absolute Gasteiger partial charge is 0.341 e. The van der Waals surface area contributed by atoms with Gasteiger partial charge in [0.2, 0.25) is 9.84 Å². The third-order valence-corrected chi connectivity index (χ3v) is 4.53. The highest BCUT2D eigenvalue weighted by atomic mass is 32.2. The van der Waals surface area contributed by atoms with E-state index in [0.717, 1.165) is 25.3 Å². The van der Waals surface area contributed by atoms with Crippen LogP contribution < -0.4 is 10.2 Å². The van der Waals surface area contributed by atoms with Gasteiger partial charge in [-0.15, -0.1) is 0 Å². The lowest BCUT2D eigenvalue weighted by atomic mass is 10.2. The van der Waals surface area contributed by atoms with E-state index in [1.54, 1.807) is 12.1 Å². The number of alkyl halides is 2. The second-order valence-electron chi connectivity index (χ2n) is 4.60. The van der Waals surface area contributed by atoms with Gasteiger partial charge >= 0.3 is 5.76 Å². The number of halogens is 2. The number of rotatable bonds is 3. The summed E-state index contributed by atoms with van der Waals surface area (Å²) in [6.07, 6.45) is 0. The van der Waals surface area contributed by atoms with E-state index in [9.17, 15) is 17.2 Å². The molecule has 4 nitrogen and oxygen atoms in total. The number of piperazine rings is 1. The van der Waals surface area contributed by atoms with Gasteiger partial charge in [0.15, 0.2) is 0 Å². The molecule has 0 bridgehead atoms. The first-order valence-corrected chi connectivity index (χ1v) is 7.56. The molecule has 0 spiro atoms. The number of anilines is 1. The van der Waals surface area contributed by atoms with Crippen LogP contribution in [0.15, 0.2) is 29.2 Å². The lowest BCUT2D eigenvalue weighted by molar-refractivity contribution is 0.234. The molecule has 106 valence electrons. The number of nitrogens with one attached hydrogen (secondary N) is 1. The van der Waals surface area contributed by atoms with Gasteiger partial charge in [-0.25, -0.2) is 8.42 Å². The molecule has 1 aliphatic heterocycles. The number of sulfone groups is 1. The molecule has 1 aromatic rings. The van der Waals surface area contributed by atoms with Crippen molar-refractivity contribution in [1.82, 2.24) is 5.32 Å². The fourth-order valence-corrected chi connectivity index (χ4v) is 2.84. The molecule has 0 aromatic heterocycles. The van der Waals surface area contributed by atoms with Crippen LogP contribution in [0.25, 0.3) is 0 Å². The van der Waals surface area contributed by atoms with Crippen molar-refractivity contribution in [2.75, 3.05) is 24.5 Å². The van der Waals surface area contributed by atoms with Gasteiger partial charge in [-0.3, -0.25) is 0 Å². The molecule has 7 heteroatoms. The molecule has 1 N–H and O–H groups in total. The summed E-state index contributed by atoms with van der Waals surface area (Å²) in [5.74, 6) is -3.38. The van der Waals surface area contributed by atoms with Gasteiger partial charge in [0.05, 0.1) is 4.90 Å². The minimum atomic E-state index is -4.50. The SMILES string of the molecule is C[C@H]1CN(c2ccc(S(=O)(=O)C(F)F)cc2)CCN1. The zero-order valence-corrected chi connectivity index (χ0v) is 11.3. The van der Waals surface area contributed by atoms with Gasteiger partial charge in [0, 0.05) is 31.4 Å². The molecule has 0 radical (unpaired) electrons. The Morgan fingerprint density at radius 2 is 1.95 bits per heavy atom.